The van der Waals surface area contributed by atoms with Gasteiger partial charge < -0.3 is 20.1 Å². The maximum atomic E-state index is 5.81. The molecule has 1 aromatic rings. The summed E-state index contributed by atoms with van der Waals surface area (Å²) in [4.78, 5) is 17.4. The normalized spacial score (nSPS) is 21.1. The molecule has 3 heterocycles. The third-order valence-corrected chi connectivity index (χ3v) is 3.45. The summed E-state index contributed by atoms with van der Waals surface area (Å²) in [5, 5.41) is 0. The van der Waals surface area contributed by atoms with Crippen molar-refractivity contribution in [3.63, 3.8) is 0 Å². The van der Waals surface area contributed by atoms with E-state index in [0.29, 0.717) is 25.7 Å². The molecular weight excluding hydrogens is 260 g/mol. The first kappa shape index (κ1) is 13.5. The van der Waals surface area contributed by atoms with E-state index in [1.54, 1.807) is 0 Å². The first-order valence-electron chi connectivity index (χ1n) is 6.94. The minimum Gasteiger partial charge on any atom is -0.379 e. The van der Waals surface area contributed by atoms with E-state index < -0.39 is 0 Å². The van der Waals surface area contributed by atoms with Gasteiger partial charge in [0.1, 0.15) is 5.82 Å². The van der Waals surface area contributed by atoms with Crippen molar-refractivity contribution in [1.82, 2.24) is 19.9 Å². The molecule has 0 aromatic carbocycles. The molecule has 0 saturated carbocycles. The van der Waals surface area contributed by atoms with Gasteiger partial charge in [-0.2, -0.15) is 15.0 Å². The van der Waals surface area contributed by atoms with Gasteiger partial charge in [-0.25, -0.2) is 0 Å². The number of nitrogen functional groups attached to an aromatic ring is 1. The molecule has 2 N–H and O–H groups in total. The molecule has 110 valence electrons. The summed E-state index contributed by atoms with van der Waals surface area (Å²) >= 11 is 0. The van der Waals surface area contributed by atoms with E-state index in [2.05, 4.69) is 24.8 Å². The van der Waals surface area contributed by atoms with Crippen LogP contribution in [0.4, 0.5) is 11.9 Å². The quantitative estimate of drug-likeness (QED) is 0.763. The van der Waals surface area contributed by atoms with Crippen LogP contribution in [-0.4, -0.2) is 72.5 Å². The molecule has 2 aliphatic heterocycles. The van der Waals surface area contributed by atoms with Crippen LogP contribution >= 0.6 is 0 Å². The SMILES string of the molecule is Nc1nc(CN2CCOCC2)nc(N2CCOCC2)n1. The van der Waals surface area contributed by atoms with Gasteiger partial charge in [-0.05, 0) is 0 Å². The summed E-state index contributed by atoms with van der Waals surface area (Å²) in [5.74, 6) is 1.66. The van der Waals surface area contributed by atoms with Crippen molar-refractivity contribution in [3.8, 4) is 0 Å². The van der Waals surface area contributed by atoms with Gasteiger partial charge in [-0.1, -0.05) is 0 Å². The highest BCUT2D eigenvalue weighted by molar-refractivity contribution is 5.35. The fourth-order valence-corrected chi connectivity index (χ4v) is 2.36. The standard InChI is InChI=1S/C12H20N6O2/c13-11-14-10(9-17-1-5-19-6-2-17)15-12(16-11)18-3-7-20-8-4-18/h1-9H2,(H2,13,14,15,16). The molecule has 2 fully saturated rings. The molecule has 0 spiro atoms. The Kier molecular flexibility index (Phi) is 4.24. The molecule has 1 aromatic heterocycles. The topological polar surface area (TPSA) is 89.6 Å². The molecule has 8 nitrogen and oxygen atoms in total. The minimum atomic E-state index is 0.282. The Morgan fingerprint density at radius 1 is 0.900 bits per heavy atom. The number of aromatic nitrogens is 3. The van der Waals surface area contributed by atoms with Crippen LogP contribution in [0, 0.1) is 0 Å². The summed E-state index contributed by atoms with van der Waals surface area (Å²) in [6.45, 7) is 6.99. The molecule has 0 bridgehead atoms. The van der Waals surface area contributed by atoms with Crippen molar-refractivity contribution in [2.75, 3.05) is 63.2 Å². The third kappa shape index (κ3) is 3.33. The van der Waals surface area contributed by atoms with E-state index in [1.165, 1.54) is 0 Å². The van der Waals surface area contributed by atoms with E-state index in [4.69, 9.17) is 15.2 Å². The van der Waals surface area contributed by atoms with E-state index in [0.717, 1.165) is 45.2 Å². The molecule has 0 atom stereocenters. The highest BCUT2D eigenvalue weighted by Crippen LogP contribution is 2.12. The number of anilines is 2. The van der Waals surface area contributed by atoms with Gasteiger partial charge in [-0.15, -0.1) is 0 Å². The van der Waals surface area contributed by atoms with Gasteiger partial charge in [0.25, 0.3) is 0 Å². The van der Waals surface area contributed by atoms with Gasteiger partial charge in [0.15, 0.2) is 0 Å². The maximum absolute atomic E-state index is 5.81. The summed E-state index contributed by atoms with van der Waals surface area (Å²) in [6.07, 6.45) is 0. The summed E-state index contributed by atoms with van der Waals surface area (Å²) in [7, 11) is 0. The monoisotopic (exact) mass is 280 g/mol. The number of morpholine rings is 2. The summed E-state index contributed by atoms with van der Waals surface area (Å²) in [5.41, 5.74) is 5.81. The fourth-order valence-electron chi connectivity index (χ4n) is 2.36. The van der Waals surface area contributed by atoms with Gasteiger partial charge in [0.05, 0.1) is 33.0 Å². The zero-order valence-electron chi connectivity index (χ0n) is 11.5. The van der Waals surface area contributed by atoms with Crippen LogP contribution in [0.2, 0.25) is 0 Å². The first-order valence-corrected chi connectivity index (χ1v) is 6.94. The summed E-state index contributed by atoms with van der Waals surface area (Å²) in [6, 6.07) is 0. The number of ether oxygens (including phenoxy) is 2. The second-order valence-electron chi connectivity index (χ2n) is 4.90. The number of rotatable bonds is 3. The zero-order valence-corrected chi connectivity index (χ0v) is 11.5. The molecule has 0 radical (unpaired) electrons. The smallest absolute Gasteiger partial charge is 0.230 e. The first-order chi connectivity index (χ1) is 9.81. The van der Waals surface area contributed by atoms with Gasteiger partial charge in [0.2, 0.25) is 11.9 Å². The predicted molar refractivity (Wildman–Crippen MR) is 73.4 cm³/mol. The van der Waals surface area contributed by atoms with E-state index >= 15 is 0 Å². The van der Waals surface area contributed by atoms with E-state index in [9.17, 15) is 0 Å². The fraction of sp³-hybridized carbons (Fsp3) is 0.750. The minimum absolute atomic E-state index is 0.282. The third-order valence-electron chi connectivity index (χ3n) is 3.45. The lowest BCUT2D eigenvalue weighted by molar-refractivity contribution is 0.0330. The lowest BCUT2D eigenvalue weighted by Crippen LogP contribution is -2.38. The van der Waals surface area contributed by atoms with Crippen LogP contribution in [0.25, 0.3) is 0 Å². The highest BCUT2D eigenvalue weighted by atomic mass is 16.5. The maximum Gasteiger partial charge on any atom is 0.230 e. The largest absolute Gasteiger partial charge is 0.379 e. The molecule has 2 saturated heterocycles. The molecule has 20 heavy (non-hydrogen) atoms. The number of nitrogens with zero attached hydrogens (tertiary/aromatic N) is 5. The van der Waals surface area contributed by atoms with Crippen LogP contribution in [0.15, 0.2) is 0 Å². The van der Waals surface area contributed by atoms with Crippen molar-refractivity contribution in [3.05, 3.63) is 5.82 Å². The van der Waals surface area contributed by atoms with Crippen molar-refractivity contribution in [2.24, 2.45) is 0 Å². The van der Waals surface area contributed by atoms with Crippen molar-refractivity contribution < 1.29 is 9.47 Å². The second kappa shape index (κ2) is 6.29. The Bertz CT molecular complexity index is 446. The number of hydrogen-bond acceptors (Lipinski definition) is 8. The van der Waals surface area contributed by atoms with Crippen LogP contribution in [-0.2, 0) is 16.0 Å². The Morgan fingerprint density at radius 3 is 2.25 bits per heavy atom. The molecule has 0 unspecified atom stereocenters. The van der Waals surface area contributed by atoms with E-state index in [-0.39, 0.29) is 5.95 Å². The van der Waals surface area contributed by atoms with Crippen LogP contribution in [0.3, 0.4) is 0 Å². The second-order valence-corrected chi connectivity index (χ2v) is 4.90. The predicted octanol–water partition coefficient (Wildman–Crippen LogP) is -0.877. The molecular formula is C12H20N6O2. The molecule has 0 aliphatic carbocycles. The number of nitrogens with two attached hydrogens (primary N) is 1. The van der Waals surface area contributed by atoms with Gasteiger partial charge >= 0.3 is 0 Å². The van der Waals surface area contributed by atoms with Crippen molar-refractivity contribution >= 4 is 11.9 Å². The Hall–Kier alpha value is -1.51. The van der Waals surface area contributed by atoms with Crippen molar-refractivity contribution in [1.29, 1.82) is 0 Å². The average Bonchev–Trinajstić information content (AvgIpc) is 2.49. The average molecular weight is 280 g/mol. The van der Waals surface area contributed by atoms with Crippen LogP contribution in [0.1, 0.15) is 5.82 Å². The Morgan fingerprint density at radius 2 is 1.55 bits per heavy atom. The lowest BCUT2D eigenvalue weighted by atomic mass is 10.4. The zero-order chi connectivity index (χ0) is 13.8. The summed E-state index contributed by atoms with van der Waals surface area (Å²) < 4.78 is 10.7. The molecule has 2 aliphatic rings. The van der Waals surface area contributed by atoms with Gasteiger partial charge in [0, 0.05) is 26.2 Å². The molecule has 8 heteroatoms. The van der Waals surface area contributed by atoms with Crippen LogP contribution < -0.4 is 10.6 Å². The van der Waals surface area contributed by atoms with E-state index in [1.807, 2.05) is 0 Å². The molecule has 3 rings (SSSR count). The lowest BCUT2D eigenvalue weighted by Gasteiger charge is -2.28. The Balaban J connectivity index is 1.71. The number of hydrogen-bond donors (Lipinski definition) is 1. The molecule has 0 amide bonds. The highest BCUT2D eigenvalue weighted by Gasteiger charge is 2.18. The van der Waals surface area contributed by atoms with Gasteiger partial charge in [-0.3, -0.25) is 4.90 Å². The van der Waals surface area contributed by atoms with Crippen LogP contribution in [0.5, 0.6) is 0 Å². The Labute approximate surface area is 117 Å². The van der Waals surface area contributed by atoms with Crippen molar-refractivity contribution in [2.45, 2.75) is 6.54 Å².